The second-order valence-corrected chi connectivity index (χ2v) is 8.02. The largest absolute Gasteiger partial charge is 0.493 e. The minimum absolute atomic E-state index is 0.00740. The van der Waals surface area contributed by atoms with Gasteiger partial charge in [0.1, 0.15) is 0 Å². The molecular weight excluding hydrogens is 440 g/mol. The number of carboxylic acids is 1. The molecule has 1 atom stereocenters. The summed E-state index contributed by atoms with van der Waals surface area (Å²) >= 11 is 0. The summed E-state index contributed by atoms with van der Waals surface area (Å²) in [7, 11) is 4.63. The van der Waals surface area contributed by atoms with E-state index in [1.165, 1.54) is 20.1 Å². The van der Waals surface area contributed by atoms with Gasteiger partial charge in [-0.1, -0.05) is 6.07 Å². The fourth-order valence-electron chi connectivity index (χ4n) is 4.32. The van der Waals surface area contributed by atoms with Crippen molar-refractivity contribution in [2.75, 3.05) is 33.2 Å². The number of aryl methyl sites for hydroxylation is 1. The zero-order valence-electron chi connectivity index (χ0n) is 19.8. The van der Waals surface area contributed by atoms with Crippen molar-refractivity contribution in [3.05, 3.63) is 45.6 Å². The van der Waals surface area contributed by atoms with E-state index >= 15 is 0 Å². The Morgan fingerprint density at radius 3 is 2.44 bits per heavy atom. The Bertz CT molecular complexity index is 1150. The Hall–Kier alpha value is -3.75. The van der Waals surface area contributed by atoms with Crippen LogP contribution in [0.15, 0.2) is 29.1 Å². The highest BCUT2D eigenvalue weighted by Crippen LogP contribution is 2.50. The molecule has 0 aromatic heterocycles. The third-order valence-electron chi connectivity index (χ3n) is 5.80. The first-order valence-corrected chi connectivity index (χ1v) is 11.0. The predicted molar refractivity (Wildman–Crippen MR) is 128 cm³/mol. The second-order valence-electron chi connectivity index (χ2n) is 8.02. The van der Waals surface area contributed by atoms with Crippen LogP contribution in [-0.2, 0) is 16.0 Å². The van der Waals surface area contributed by atoms with Crippen LogP contribution in [0, 0.1) is 0 Å². The van der Waals surface area contributed by atoms with E-state index in [0.29, 0.717) is 54.3 Å². The minimum Gasteiger partial charge on any atom is -0.493 e. The Morgan fingerprint density at radius 1 is 1.09 bits per heavy atom. The Kier molecular flexibility index (Phi) is 7.99. The van der Waals surface area contributed by atoms with Gasteiger partial charge in [0.25, 0.3) is 0 Å². The van der Waals surface area contributed by atoms with Gasteiger partial charge in [0.2, 0.25) is 17.1 Å². The van der Waals surface area contributed by atoms with Crippen molar-refractivity contribution < 1.29 is 28.9 Å². The number of ether oxygens (including phenoxy) is 3. The third-order valence-corrected chi connectivity index (χ3v) is 5.80. The van der Waals surface area contributed by atoms with Crippen LogP contribution in [0.4, 0.5) is 5.69 Å². The van der Waals surface area contributed by atoms with Crippen LogP contribution >= 0.6 is 0 Å². The molecule has 3 N–H and O–H groups in total. The monoisotopic (exact) mass is 470 g/mol. The quantitative estimate of drug-likeness (QED) is 0.478. The van der Waals surface area contributed by atoms with Crippen LogP contribution < -0.4 is 30.3 Å². The van der Waals surface area contributed by atoms with Gasteiger partial charge in [0, 0.05) is 25.5 Å². The summed E-state index contributed by atoms with van der Waals surface area (Å²) in [5, 5.41) is 14.8. The molecule has 0 saturated carbocycles. The van der Waals surface area contributed by atoms with Crippen LogP contribution in [0.3, 0.4) is 0 Å². The number of nitrogens with one attached hydrogen (secondary N) is 2. The molecular formula is C25H30N2O7. The van der Waals surface area contributed by atoms with Crippen molar-refractivity contribution >= 4 is 17.6 Å². The van der Waals surface area contributed by atoms with E-state index in [-0.39, 0.29) is 23.8 Å². The maximum atomic E-state index is 13.1. The number of carbonyl (C=O) groups excluding carboxylic acids is 1. The highest BCUT2D eigenvalue weighted by molar-refractivity contribution is 5.83. The summed E-state index contributed by atoms with van der Waals surface area (Å²) < 4.78 is 16.9. The zero-order valence-corrected chi connectivity index (χ0v) is 19.8. The van der Waals surface area contributed by atoms with E-state index in [1.807, 2.05) is 12.1 Å². The average molecular weight is 471 g/mol. The van der Waals surface area contributed by atoms with Crippen LogP contribution in [0.1, 0.15) is 43.4 Å². The van der Waals surface area contributed by atoms with Gasteiger partial charge in [-0.05, 0) is 54.2 Å². The fraction of sp³-hybridized carbons (Fsp3) is 0.400. The van der Waals surface area contributed by atoms with Crippen LogP contribution in [0.25, 0.3) is 11.1 Å². The summed E-state index contributed by atoms with van der Waals surface area (Å²) in [5.41, 5.74) is 3.22. The summed E-state index contributed by atoms with van der Waals surface area (Å²) in [6, 6.07) is 6.54. The molecule has 0 bridgehead atoms. The van der Waals surface area contributed by atoms with Gasteiger partial charge in [0.15, 0.2) is 11.5 Å². The van der Waals surface area contributed by atoms with E-state index in [4.69, 9.17) is 19.3 Å². The molecule has 9 heteroatoms. The predicted octanol–water partition coefficient (Wildman–Crippen LogP) is 3.14. The number of amides is 1. The molecule has 0 unspecified atom stereocenters. The molecule has 0 heterocycles. The molecule has 34 heavy (non-hydrogen) atoms. The zero-order chi connectivity index (χ0) is 24.8. The maximum absolute atomic E-state index is 13.1. The number of rotatable bonds is 9. The average Bonchev–Trinajstić information content (AvgIpc) is 3.04. The van der Waals surface area contributed by atoms with E-state index in [9.17, 15) is 14.4 Å². The lowest BCUT2D eigenvalue weighted by molar-refractivity contribution is -0.137. The van der Waals surface area contributed by atoms with Crippen LogP contribution in [0.5, 0.6) is 17.2 Å². The Balaban J connectivity index is 2.22. The van der Waals surface area contributed by atoms with Crippen molar-refractivity contribution in [2.45, 2.75) is 38.6 Å². The number of fused-ring (bicyclic) bond motifs is 3. The first-order valence-electron chi connectivity index (χ1n) is 11.0. The SMILES string of the molecule is COc1cc2c(c(OC)c1OC)-c1ccc(NCCCC(=O)O)c(=O)cc1[C@@H](NC(C)=O)CC2. The molecule has 9 nitrogen and oxygen atoms in total. The Morgan fingerprint density at radius 2 is 1.82 bits per heavy atom. The van der Waals surface area contributed by atoms with E-state index in [2.05, 4.69) is 10.6 Å². The number of carboxylic acid groups (broad SMARTS) is 1. The lowest BCUT2D eigenvalue weighted by atomic mass is 9.95. The molecule has 0 radical (unpaired) electrons. The summed E-state index contributed by atoms with van der Waals surface area (Å²) in [6.45, 7) is 1.79. The van der Waals surface area contributed by atoms with Crippen molar-refractivity contribution in [3.63, 3.8) is 0 Å². The van der Waals surface area contributed by atoms with Gasteiger partial charge in [-0.15, -0.1) is 0 Å². The summed E-state index contributed by atoms with van der Waals surface area (Å²) in [4.78, 5) is 35.8. The normalized spacial score (nSPS) is 14.2. The van der Waals surface area contributed by atoms with Gasteiger partial charge in [-0.2, -0.15) is 0 Å². The molecule has 0 fully saturated rings. The van der Waals surface area contributed by atoms with Crippen LogP contribution in [0.2, 0.25) is 0 Å². The molecule has 0 spiro atoms. The molecule has 1 aliphatic rings. The number of benzene rings is 1. The molecule has 0 aliphatic heterocycles. The lowest BCUT2D eigenvalue weighted by Gasteiger charge is -2.19. The molecule has 182 valence electrons. The molecule has 3 rings (SSSR count). The van der Waals surface area contributed by atoms with Gasteiger partial charge in [0.05, 0.1) is 33.1 Å². The van der Waals surface area contributed by atoms with Gasteiger partial charge < -0.3 is 30.0 Å². The number of carbonyl (C=O) groups is 2. The van der Waals surface area contributed by atoms with Crippen molar-refractivity contribution in [1.82, 2.24) is 5.32 Å². The molecule has 2 aromatic carbocycles. The van der Waals surface area contributed by atoms with Gasteiger partial charge >= 0.3 is 5.97 Å². The number of hydrogen-bond acceptors (Lipinski definition) is 7. The van der Waals surface area contributed by atoms with E-state index in [0.717, 1.165) is 16.7 Å². The van der Waals surface area contributed by atoms with Crippen molar-refractivity contribution in [2.24, 2.45) is 0 Å². The first-order chi connectivity index (χ1) is 16.3. The number of methoxy groups -OCH3 is 3. The molecule has 1 aliphatic carbocycles. The maximum Gasteiger partial charge on any atom is 0.303 e. The van der Waals surface area contributed by atoms with E-state index in [1.54, 1.807) is 20.3 Å². The number of hydrogen-bond donors (Lipinski definition) is 3. The first kappa shape index (κ1) is 24.9. The summed E-state index contributed by atoms with van der Waals surface area (Å²) in [6.07, 6.45) is 1.58. The standard InChI is InChI=1S/C25H30N2O7/c1-14(28)27-18-9-7-15-12-21(32-2)24(33-3)25(34-4)23(15)16-8-10-19(20(29)13-17(16)18)26-11-5-6-22(30)31/h8,10,12-13,18H,5-7,9,11H2,1-4H3,(H,26,29)(H,27,28)(H,30,31)/t18-/m0/s1. The van der Waals surface area contributed by atoms with Crippen molar-refractivity contribution in [3.8, 4) is 28.4 Å². The highest BCUT2D eigenvalue weighted by atomic mass is 16.5. The highest BCUT2D eigenvalue weighted by Gasteiger charge is 2.29. The van der Waals surface area contributed by atoms with Crippen molar-refractivity contribution in [1.29, 1.82) is 0 Å². The summed E-state index contributed by atoms with van der Waals surface area (Å²) in [5.74, 6) is 0.365. The van der Waals surface area contributed by atoms with Gasteiger partial charge in [-0.3, -0.25) is 14.4 Å². The minimum atomic E-state index is -0.888. The number of anilines is 1. The molecule has 1 amide bonds. The van der Waals surface area contributed by atoms with Crippen LogP contribution in [-0.4, -0.2) is 44.9 Å². The van der Waals surface area contributed by atoms with E-state index < -0.39 is 5.97 Å². The molecule has 0 saturated heterocycles. The topological polar surface area (TPSA) is 123 Å². The number of aliphatic carboxylic acids is 1. The molecule has 2 aromatic rings. The fourth-order valence-corrected chi connectivity index (χ4v) is 4.32. The third kappa shape index (κ3) is 5.24. The Labute approximate surface area is 198 Å². The van der Waals surface area contributed by atoms with Gasteiger partial charge in [-0.25, -0.2) is 0 Å². The second kappa shape index (κ2) is 10.9. The lowest BCUT2D eigenvalue weighted by Crippen LogP contribution is -2.26. The smallest absolute Gasteiger partial charge is 0.303 e.